The molecule has 2 aromatic carbocycles. The number of hydrogen-bond donors (Lipinski definition) is 0. The van der Waals surface area contributed by atoms with Crippen molar-refractivity contribution in [2.75, 3.05) is 18.6 Å². The molecule has 134 valence electrons. The molecule has 0 aliphatic rings. The Morgan fingerprint density at radius 2 is 1.96 bits per heavy atom. The quantitative estimate of drug-likeness (QED) is 0.625. The minimum atomic E-state index is -0.349. The molecule has 26 heavy (non-hydrogen) atoms. The summed E-state index contributed by atoms with van der Waals surface area (Å²) < 4.78 is 5.26. The molecule has 0 unspecified atom stereocenters. The van der Waals surface area contributed by atoms with E-state index in [0.717, 1.165) is 27.7 Å². The molecule has 0 bridgehead atoms. The van der Waals surface area contributed by atoms with Gasteiger partial charge in [0, 0.05) is 24.2 Å². The lowest BCUT2D eigenvalue weighted by atomic mass is 10.0. The van der Waals surface area contributed by atoms with Crippen molar-refractivity contribution in [3.63, 3.8) is 0 Å². The van der Waals surface area contributed by atoms with Crippen molar-refractivity contribution in [1.29, 1.82) is 0 Å². The number of halogens is 1. The summed E-state index contributed by atoms with van der Waals surface area (Å²) in [6.07, 6.45) is 1.72. The molecule has 3 aromatic rings. The van der Waals surface area contributed by atoms with Crippen molar-refractivity contribution in [1.82, 2.24) is 0 Å². The molecule has 4 nitrogen and oxygen atoms in total. The Kier molecular flexibility index (Phi) is 5.43. The highest BCUT2D eigenvalue weighted by molar-refractivity contribution is 6.31. The maximum atomic E-state index is 12.5. The van der Waals surface area contributed by atoms with Gasteiger partial charge in [0.05, 0.1) is 17.7 Å². The third-order valence-corrected chi connectivity index (χ3v) is 4.53. The zero-order chi connectivity index (χ0) is 18.7. The summed E-state index contributed by atoms with van der Waals surface area (Å²) in [7, 11) is 1.97. The van der Waals surface area contributed by atoms with Crippen LogP contribution in [-0.4, -0.2) is 19.6 Å². The maximum absolute atomic E-state index is 12.5. The van der Waals surface area contributed by atoms with Crippen molar-refractivity contribution < 1.29 is 14.5 Å². The fraction of sp³-hybridized carbons (Fsp3) is 0.238. The largest absolute Gasteiger partial charge is 0.462 e. The average molecular weight is 370 g/mol. The molecule has 0 saturated heterocycles. The first-order chi connectivity index (χ1) is 12.5. The number of carbonyl (C=O) groups is 1. The smallest absolute Gasteiger partial charge is 0.346 e. The zero-order valence-corrected chi connectivity index (χ0v) is 15.9. The van der Waals surface area contributed by atoms with Crippen LogP contribution in [0.15, 0.2) is 48.7 Å². The molecule has 0 amide bonds. The Labute approximate surface area is 158 Å². The predicted molar refractivity (Wildman–Crippen MR) is 105 cm³/mol. The summed E-state index contributed by atoms with van der Waals surface area (Å²) in [5.41, 5.74) is 4.45. The molecule has 1 heterocycles. The summed E-state index contributed by atoms with van der Waals surface area (Å²) in [4.78, 5) is 17.8. The molecule has 0 aliphatic carbocycles. The fourth-order valence-electron chi connectivity index (χ4n) is 3.19. The molecule has 5 heteroatoms. The van der Waals surface area contributed by atoms with Gasteiger partial charge >= 0.3 is 5.97 Å². The fourth-order valence-corrected chi connectivity index (χ4v) is 3.46. The van der Waals surface area contributed by atoms with Gasteiger partial charge in [-0.25, -0.2) is 9.78 Å². The summed E-state index contributed by atoms with van der Waals surface area (Å²) in [6.45, 7) is 4.79. The Hall–Kier alpha value is -2.59. The minimum Gasteiger partial charge on any atom is -0.462 e. The van der Waals surface area contributed by atoms with E-state index in [1.807, 2.05) is 44.3 Å². The Bertz CT molecular complexity index is 942. The first kappa shape index (κ1) is 18.2. The van der Waals surface area contributed by atoms with Crippen LogP contribution in [0.2, 0.25) is 5.02 Å². The minimum absolute atomic E-state index is 0.327. The zero-order valence-electron chi connectivity index (χ0n) is 15.2. The highest BCUT2D eigenvalue weighted by atomic mass is 35.5. The van der Waals surface area contributed by atoms with E-state index in [0.29, 0.717) is 23.7 Å². The van der Waals surface area contributed by atoms with E-state index >= 15 is 0 Å². The summed E-state index contributed by atoms with van der Waals surface area (Å²) in [6, 6.07) is 13.9. The van der Waals surface area contributed by atoms with E-state index in [-0.39, 0.29) is 5.97 Å². The van der Waals surface area contributed by atoms with Gasteiger partial charge in [0.2, 0.25) is 5.52 Å². The van der Waals surface area contributed by atoms with E-state index in [1.165, 1.54) is 0 Å². The number of H-pyrrole nitrogens is 1. The van der Waals surface area contributed by atoms with Gasteiger partial charge in [0.15, 0.2) is 6.20 Å². The van der Waals surface area contributed by atoms with E-state index in [2.05, 4.69) is 22.0 Å². The second-order valence-corrected chi connectivity index (χ2v) is 6.69. The van der Waals surface area contributed by atoms with E-state index < -0.39 is 0 Å². The second kappa shape index (κ2) is 7.75. The van der Waals surface area contributed by atoms with Crippen LogP contribution in [0, 0.1) is 6.92 Å². The number of fused-ring (bicyclic) bond motifs is 1. The first-order valence-corrected chi connectivity index (χ1v) is 8.95. The number of ether oxygens (including phenoxy) is 1. The van der Waals surface area contributed by atoms with Crippen LogP contribution < -0.4 is 9.88 Å². The number of esters is 1. The van der Waals surface area contributed by atoms with Crippen LogP contribution in [-0.2, 0) is 11.3 Å². The molecule has 0 radical (unpaired) electrons. The van der Waals surface area contributed by atoms with Gasteiger partial charge in [0.25, 0.3) is 0 Å². The number of anilines is 1. The SMILES string of the molecule is CCOC(=O)c1c[nH+]c2c(C)cc(Cl)cc2c1N(C)Cc1ccccc1. The standard InChI is InChI=1S/C21H21ClN2O2/c1-4-26-21(25)18-12-23-19-14(2)10-16(22)11-17(19)20(18)24(3)13-15-8-6-5-7-9-15/h5-12H,4,13H2,1-3H3/p+1. The molecular weight excluding hydrogens is 348 g/mol. The highest BCUT2D eigenvalue weighted by Crippen LogP contribution is 2.32. The van der Waals surface area contributed by atoms with Crippen LogP contribution in [0.1, 0.15) is 28.4 Å². The van der Waals surface area contributed by atoms with Crippen molar-refractivity contribution in [2.45, 2.75) is 20.4 Å². The summed E-state index contributed by atoms with van der Waals surface area (Å²) in [5, 5.41) is 1.54. The van der Waals surface area contributed by atoms with E-state index in [4.69, 9.17) is 16.3 Å². The normalized spacial score (nSPS) is 10.8. The molecular formula is C21H22ClN2O2+. The number of nitrogens with one attached hydrogen (secondary N) is 1. The van der Waals surface area contributed by atoms with Crippen LogP contribution in [0.25, 0.3) is 10.9 Å². The van der Waals surface area contributed by atoms with Crippen molar-refractivity contribution in [3.8, 4) is 0 Å². The number of nitrogens with zero attached hydrogens (tertiary/aromatic N) is 1. The number of hydrogen-bond acceptors (Lipinski definition) is 3. The molecule has 0 fully saturated rings. The topological polar surface area (TPSA) is 43.7 Å². The lowest BCUT2D eigenvalue weighted by molar-refractivity contribution is -0.345. The van der Waals surface area contributed by atoms with Gasteiger partial charge < -0.3 is 9.64 Å². The Balaban J connectivity index is 2.17. The van der Waals surface area contributed by atoms with Crippen LogP contribution in [0.5, 0.6) is 0 Å². The van der Waals surface area contributed by atoms with Gasteiger partial charge in [-0.05, 0) is 31.5 Å². The van der Waals surface area contributed by atoms with Crippen LogP contribution in [0.4, 0.5) is 5.69 Å². The lowest BCUT2D eigenvalue weighted by Crippen LogP contribution is -2.23. The second-order valence-electron chi connectivity index (χ2n) is 6.26. The van der Waals surface area contributed by atoms with Crippen LogP contribution in [0.3, 0.4) is 0 Å². The average Bonchev–Trinajstić information content (AvgIpc) is 2.61. The van der Waals surface area contributed by atoms with E-state index in [1.54, 1.807) is 13.1 Å². The number of pyridine rings is 1. The number of carbonyl (C=O) groups excluding carboxylic acids is 1. The first-order valence-electron chi connectivity index (χ1n) is 8.58. The van der Waals surface area contributed by atoms with Crippen molar-refractivity contribution in [2.24, 2.45) is 0 Å². The van der Waals surface area contributed by atoms with Gasteiger partial charge in [-0.15, -0.1) is 0 Å². The molecule has 0 spiro atoms. The van der Waals surface area contributed by atoms with Crippen LogP contribution >= 0.6 is 11.6 Å². The predicted octanol–water partition coefficient (Wildman–Crippen LogP) is 4.43. The van der Waals surface area contributed by atoms with Crippen molar-refractivity contribution in [3.05, 3.63) is 70.4 Å². The van der Waals surface area contributed by atoms with E-state index in [9.17, 15) is 4.79 Å². The molecule has 3 rings (SSSR count). The van der Waals surface area contributed by atoms with Crippen molar-refractivity contribution >= 4 is 34.2 Å². The molecule has 1 N–H and O–H groups in total. The monoisotopic (exact) mass is 369 g/mol. The highest BCUT2D eigenvalue weighted by Gasteiger charge is 2.24. The summed E-state index contributed by atoms with van der Waals surface area (Å²) >= 11 is 6.31. The Morgan fingerprint density at radius 1 is 1.23 bits per heavy atom. The molecule has 1 aromatic heterocycles. The lowest BCUT2D eigenvalue weighted by Gasteiger charge is -2.22. The molecule has 0 atom stereocenters. The van der Waals surface area contributed by atoms with Gasteiger partial charge in [-0.2, -0.15) is 0 Å². The maximum Gasteiger partial charge on any atom is 0.346 e. The third-order valence-electron chi connectivity index (χ3n) is 4.31. The number of aromatic amines is 1. The summed E-state index contributed by atoms with van der Waals surface area (Å²) in [5.74, 6) is -0.349. The molecule has 0 aliphatic heterocycles. The number of aryl methyl sites for hydroxylation is 1. The van der Waals surface area contributed by atoms with Gasteiger partial charge in [0.1, 0.15) is 5.56 Å². The molecule has 0 saturated carbocycles. The number of aromatic nitrogens is 1. The van der Waals surface area contributed by atoms with Gasteiger partial charge in [-0.3, -0.25) is 0 Å². The third kappa shape index (κ3) is 3.65. The van der Waals surface area contributed by atoms with Gasteiger partial charge in [-0.1, -0.05) is 41.9 Å². The number of rotatable bonds is 5. The Morgan fingerprint density at radius 3 is 2.65 bits per heavy atom. The number of benzene rings is 2.